The number of ether oxygens (including phenoxy) is 1. The van der Waals surface area contributed by atoms with Crippen molar-refractivity contribution in [2.24, 2.45) is 0 Å². The topological polar surface area (TPSA) is 91.4 Å². The molecule has 0 radical (unpaired) electrons. The van der Waals surface area contributed by atoms with Gasteiger partial charge in [0, 0.05) is 0 Å². The summed E-state index contributed by atoms with van der Waals surface area (Å²) in [6.07, 6.45) is 1.24. The Balaban J connectivity index is 2.04. The second kappa shape index (κ2) is 6.93. The minimum absolute atomic E-state index is 0.0265. The lowest BCUT2D eigenvalue weighted by atomic mass is 10.2. The molecule has 0 spiro atoms. The maximum atomic E-state index is 12.7. The maximum absolute atomic E-state index is 12.7. The summed E-state index contributed by atoms with van der Waals surface area (Å²) < 4.78 is 12.3. The van der Waals surface area contributed by atoms with Crippen molar-refractivity contribution >= 4 is 50.1 Å². The van der Waals surface area contributed by atoms with Crippen LogP contribution in [-0.4, -0.2) is 27.9 Å². The van der Waals surface area contributed by atoms with Crippen LogP contribution in [0.1, 0.15) is 32.7 Å². The van der Waals surface area contributed by atoms with Gasteiger partial charge in [-0.2, -0.15) is 0 Å². The molecule has 3 heterocycles. The second-order valence-electron chi connectivity index (χ2n) is 5.14. The summed E-state index contributed by atoms with van der Waals surface area (Å²) in [6, 6.07) is 3.44. The first-order chi connectivity index (χ1) is 11.9. The number of nitrogens with zero attached hydrogens (tertiary/aromatic N) is 2. The molecule has 0 atom stereocenters. The van der Waals surface area contributed by atoms with E-state index in [1.54, 1.807) is 26.0 Å². The number of carbonyl (C=O) groups is 2. The summed E-state index contributed by atoms with van der Waals surface area (Å²) in [5.74, 6) is -0.620. The van der Waals surface area contributed by atoms with E-state index in [0.717, 1.165) is 8.35 Å². The summed E-state index contributed by atoms with van der Waals surface area (Å²) in [4.78, 5) is 41.8. The van der Waals surface area contributed by atoms with Crippen LogP contribution in [0, 0.1) is 6.92 Å². The van der Waals surface area contributed by atoms with Crippen LogP contribution < -0.4 is 5.56 Å². The second-order valence-corrected chi connectivity index (χ2v) is 7.60. The van der Waals surface area contributed by atoms with E-state index in [-0.39, 0.29) is 41.4 Å². The van der Waals surface area contributed by atoms with Crippen LogP contribution in [-0.2, 0) is 11.3 Å². The SMILES string of the molecule is CCOC(=O)c1c(C)oc2ncn(CC(=O)c3ccc(Br)s3)c(=O)c12. The Hall–Kier alpha value is -2.26. The first-order valence-electron chi connectivity index (χ1n) is 7.36. The van der Waals surface area contributed by atoms with Crippen molar-refractivity contribution in [1.29, 1.82) is 0 Å². The summed E-state index contributed by atoms with van der Waals surface area (Å²) in [6.45, 7) is 3.22. The molecule has 25 heavy (non-hydrogen) atoms. The van der Waals surface area contributed by atoms with Gasteiger partial charge in [0.1, 0.15) is 23.0 Å². The number of hydrogen-bond donors (Lipinski definition) is 0. The highest BCUT2D eigenvalue weighted by molar-refractivity contribution is 9.11. The van der Waals surface area contributed by atoms with E-state index in [0.29, 0.717) is 4.88 Å². The van der Waals surface area contributed by atoms with Crippen LogP contribution in [0.3, 0.4) is 0 Å². The molecule has 130 valence electrons. The van der Waals surface area contributed by atoms with Crippen molar-refractivity contribution in [3.8, 4) is 0 Å². The first-order valence-corrected chi connectivity index (χ1v) is 8.97. The molecule has 0 aliphatic heterocycles. The third kappa shape index (κ3) is 3.29. The number of aryl methyl sites for hydroxylation is 1. The van der Waals surface area contributed by atoms with E-state index in [1.165, 1.54) is 17.7 Å². The van der Waals surface area contributed by atoms with Crippen molar-refractivity contribution < 1.29 is 18.7 Å². The summed E-state index contributed by atoms with van der Waals surface area (Å²) in [7, 11) is 0. The van der Waals surface area contributed by atoms with Gasteiger partial charge in [-0.05, 0) is 41.9 Å². The largest absolute Gasteiger partial charge is 0.462 e. The van der Waals surface area contributed by atoms with Gasteiger partial charge < -0.3 is 9.15 Å². The summed E-state index contributed by atoms with van der Waals surface area (Å²) >= 11 is 4.58. The Morgan fingerprint density at radius 1 is 1.40 bits per heavy atom. The molecule has 0 aliphatic carbocycles. The molecule has 0 aromatic carbocycles. The number of halogens is 1. The lowest BCUT2D eigenvalue weighted by molar-refractivity contribution is 0.0526. The van der Waals surface area contributed by atoms with Crippen molar-refractivity contribution in [1.82, 2.24) is 9.55 Å². The molecule has 3 aromatic rings. The predicted octanol–water partition coefficient (Wildman–Crippen LogP) is 3.18. The van der Waals surface area contributed by atoms with Gasteiger partial charge in [-0.3, -0.25) is 14.2 Å². The lowest BCUT2D eigenvalue weighted by Gasteiger charge is -2.04. The van der Waals surface area contributed by atoms with Crippen molar-refractivity contribution in [2.45, 2.75) is 20.4 Å². The van der Waals surface area contributed by atoms with Gasteiger partial charge in [0.05, 0.1) is 21.8 Å². The van der Waals surface area contributed by atoms with E-state index < -0.39 is 11.5 Å². The molecule has 7 nitrogen and oxygen atoms in total. The Labute approximate surface area is 154 Å². The number of aromatic nitrogens is 2. The van der Waals surface area contributed by atoms with Gasteiger partial charge in [0.2, 0.25) is 5.71 Å². The van der Waals surface area contributed by atoms with Gasteiger partial charge >= 0.3 is 5.97 Å². The predicted molar refractivity (Wildman–Crippen MR) is 95.3 cm³/mol. The molecule has 0 N–H and O–H groups in total. The maximum Gasteiger partial charge on any atom is 0.342 e. The van der Waals surface area contributed by atoms with Crippen LogP contribution >= 0.6 is 27.3 Å². The Kier molecular flexibility index (Phi) is 4.87. The monoisotopic (exact) mass is 424 g/mol. The zero-order valence-corrected chi connectivity index (χ0v) is 15.8. The minimum Gasteiger partial charge on any atom is -0.462 e. The van der Waals surface area contributed by atoms with Crippen LogP contribution in [0.2, 0.25) is 0 Å². The van der Waals surface area contributed by atoms with Gasteiger partial charge in [-0.15, -0.1) is 11.3 Å². The molecular weight excluding hydrogens is 412 g/mol. The van der Waals surface area contributed by atoms with E-state index in [9.17, 15) is 14.4 Å². The average molecular weight is 425 g/mol. The molecule has 0 aliphatic rings. The van der Waals surface area contributed by atoms with Crippen LogP contribution in [0.15, 0.2) is 31.5 Å². The third-order valence-electron chi connectivity index (χ3n) is 3.50. The highest BCUT2D eigenvalue weighted by Gasteiger charge is 2.24. The fourth-order valence-electron chi connectivity index (χ4n) is 2.40. The molecule has 9 heteroatoms. The third-order valence-corrected chi connectivity index (χ3v) is 5.16. The molecule has 0 bridgehead atoms. The van der Waals surface area contributed by atoms with E-state index >= 15 is 0 Å². The smallest absolute Gasteiger partial charge is 0.342 e. The summed E-state index contributed by atoms with van der Waals surface area (Å²) in [5.41, 5.74) is -0.419. The standard InChI is InChI=1S/C16H13BrN2O5S/c1-3-23-16(22)12-8(2)24-14-13(12)15(21)19(7-18-14)6-9(20)10-4-5-11(17)25-10/h4-5,7H,3,6H2,1-2H3. The number of thiophene rings is 1. The van der Waals surface area contributed by atoms with Crippen LogP contribution in [0.25, 0.3) is 11.1 Å². The number of esters is 1. The van der Waals surface area contributed by atoms with Gasteiger partial charge in [0.25, 0.3) is 5.56 Å². The minimum atomic E-state index is -0.649. The average Bonchev–Trinajstić information content (AvgIpc) is 3.13. The first kappa shape index (κ1) is 17.6. The number of ketones is 1. The number of Topliss-reactive ketones (excluding diaryl/α,β-unsaturated/α-hetero) is 1. The fourth-order valence-corrected chi connectivity index (χ4v) is 3.71. The van der Waals surface area contributed by atoms with Crippen LogP contribution in [0.5, 0.6) is 0 Å². The van der Waals surface area contributed by atoms with E-state index in [2.05, 4.69) is 20.9 Å². The Morgan fingerprint density at radius 2 is 2.16 bits per heavy atom. The highest BCUT2D eigenvalue weighted by Crippen LogP contribution is 2.24. The number of carbonyl (C=O) groups excluding carboxylic acids is 2. The normalized spacial score (nSPS) is 11.0. The van der Waals surface area contributed by atoms with Gasteiger partial charge in [0.15, 0.2) is 5.78 Å². The number of hydrogen-bond acceptors (Lipinski definition) is 7. The molecule has 0 fully saturated rings. The number of fused-ring (bicyclic) bond motifs is 1. The molecule has 0 saturated carbocycles. The molecular formula is C16H13BrN2O5S. The molecule has 0 unspecified atom stereocenters. The summed E-state index contributed by atoms with van der Waals surface area (Å²) in [5, 5.41) is 0.0265. The zero-order valence-electron chi connectivity index (χ0n) is 13.4. The van der Waals surface area contributed by atoms with Crippen molar-refractivity contribution in [2.75, 3.05) is 6.61 Å². The van der Waals surface area contributed by atoms with Gasteiger partial charge in [-0.25, -0.2) is 9.78 Å². The van der Waals surface area contributed by atoms with E-state index in [4.69, 9.17) is 9.15 Å². The van der Waals surface area contributed by atoms with Crippen molar-refractivity contribution in [3.63, 3.8) is 0 Å². The zero-order chi connectivity index (χ0) is 18.1. The number of furan rings is 1. The Morgan fingerprint density at radius 3 is 2.80 bits per heavy atom. The molecule has 3 aromatic heterocycles. The number of rotatable bonds is 5. The fraction of sp³-hybridized carbons (Fsp3) is 0.250. The van der Waals surface area contributed by atoms with Crippen LogP contribution in [0.4, 0.5) is 0 Å². The molecule has 0 saturated heterocycles. The molecule has 0 amide bonds. The highest BCUT2D eigenvalue weighted by atomic mass is 79.9. The lowest BCUT2D eigenvalue weighted by Crippen LogP contribution is -2.25. The Bertz CT molecular complexity index is 1030. The van der Waals surface area contributed by atoms with Crippen molar-refractivity contribution in [3.05, 3.63) is 48.8 Å². The molecule has 3 rings (SSSR count). The quantitative estimate of drug-likeness (QED) is 0.461. The van der Waals surface area contributed by atoms with E-state index in [1.807, 2.05) is 0 Å². The van der Waals surface area contributed by atoms with Gasteiger partial charge in [-0.1, -0.05) is 0 Å².